The molecule has 0 heterocycles. The molecule has 0 aliphatic rings. The van der Waals surface area contributed by atoms with Crippen LogP contribution in [-0.4, -0.2) is 65.4 Å². The minimum absolute atomic E-state index is 0. The Morgan fingerprint density at radius 1 is 0.392 bits per heavy atom. The molecule has 0 bridgehead atoms. The first-order valence-electron chi connectivity index (χ1n) is 20.2. The number of halogens is 1. The lowest BCUT2D eigenvalue weighted by molar-refractivity contribution is 0.445. The van der Waals surface area contributed by atoms with Crippen molar-refractivity contribution in [3.63, 3.8) is 0 Å². The van der Waals surface area contributed by atoms with Crippen molar-refractivity contribution in [2.24, 2.45) is 11.8 Å². The Hall–Kier alpha value is -2.29. The molecule has 51 heavy (non-hydrogen) atoms. The predicted octanol–water partition coefficient (Wildman–Crippen LogP) is 8.41. The lowest BCUT2D eigenvalue weighted by Gasteiger charge is -2.13. The predicted molar refractivity (Wildman–Crippen MR) is 226 cm³/mol. The van der Waals surface area contributed by atoms with Crippen LogP contribution in [0.4, 0.5) is 0 Å². The molecule has 0 saturated carbocycles. The Balaban J connectivity index is 0.00000901. The first-order chi connectivity index (χ1) is 24.7. The highest BCUT2D eigenvalue weighted by molar-refractivity contribution is 5.85. The summed E-state index contributed by atoms with van der Waals surface area (Å²) in [6.45, 7) is 21.9. The lowest BCUT2D eigenvalue weighted by atomic mass is 9.98. The highest BCUT2D eigenvalue weighted by Crippen LogP contribution is 2.27. The van der Waals surface area contributed by atoms with Crippen molar-refractivity contribution in [2.45, 2.75) is 92.2 Å². The van der Waals surface area contributed by atoms with Gasteiger partial charge in [-0.3, -0.25) is 0 Å². The van der Waals surface area contributed by atoms with E-state index >= 15 is 0 Å². The zero-order valence-electron chi connectivity index (χ0n) is 32.6. The van der Waals surface area contributed by atoms with Gasteiger partial charge in [0.25, 0.3) is 0 Å². The standard InChI is InChI=1S/C44H72N6.ClH/c1-5-37(6-2)33-47-28-10-24-45-26-12-30-49-35-39-16-20-41(21-17-39)43-14-9-15-44(32-43)42-22-18-40(19-23-42)36-50-31-13-27-46-25-11-29-48-34-38(7-3)8-4;/h9,14-23,32,37-38,45-50H,5-8,10-13,24-31,33-36H2,1-4H3;1H. The number of nitrogens with one attached hydrogen (secondary N) is 6. The number of hydrogen-bond acceptors (Lipinski definition) is 6. The highest BCUT2D eigenvalue weighted by atomic mass is 35.5. The van der Waals surface area contributed by atoms with Crippen LogP contribution in [-0.2, 0) is 13.1 Å². The SMILES string of the molecule is CCC(CC)CNCCCNCCCNCc1ccc(-c2cccc(-c3ccc(CNCCCNCCCNCC(CC)CC)cc3)c2)cc1.Cl. The zero-order chi connectivity index (χ0) is 35.5. The van der Waals surface area contributed by atoms with Crippen LogP contribution in [0.5, 0.6) is 0 Å². The maximum absolute atomic E-state index is 3.61. The van der Waals surface area contributed by atoms with Crippen LogP contribution in [0.3, 0.4) is 0 Å². The van der Waals surface area contributed by atoms with Crippen molar-refractivity contribution in [3.05, 3.63) is 83.9 Å². The van der Waals surface area contributed by atoms with E-state index in [0.29, 0.717) is 0 Å². The van der Waals surface area contributed by atoms with E-state index in [4.69, 9.17) is 0 Å². The molecular formula is C44H73ClN6. The van der Waals surface area contributed by atoms with Gasteiger partial charge in [-0.1, -0.05) is 120 Å². The van der Waals surface area contributed by atoms with Crippen molar-refractivity contribution in [1.82, 2.24) is 31.9 Å². The van der Waals surface area contributed by atoms with Gasteiger partial charge in [-0.05, 0) is 142 Å². The quantitative estimate of drug-likeness (QED) is 0.0389. The third-order valence-electron chi connectivity index (χ3n) is 10.1. The number of rotatable bonds is 30. The molecule has 0 unspecified atom stereocenters. The van der Waals surface area contributed by atoms with Gasteiger partial charge in [0, 0.05) is 13.1 Å². The molecule has 3 aromatic rings. The molecule has 7 heteroatoms. The van der Waals surface area contributed by atoms with Crippen molar-refractivity contribution in [1.29, 1.82) is 0 Å². The van der Waals surface area contributed by atoms with Gasteiger partial charge in [0.1, 0.15) is 0 Å². The molecule has 6 nitrogen and oxygen atoms in total. The molecule has 0 saturated heterocycles. The highest BCUT2D eigenvalue weighted by Gasteiger charge is 2.05. The molecule has 3 rings (SSSR count). The summed E-state index contributed by atoms with van der Waals surface area (Å²) in [4.78, 5) is 0. The van der Waals surface area contributed by atoms with Crippen molar-refractivity contribution in [2.75, 3.05) is 65.4 Å². The summed E-state index contributed by atoms with van der Waals surface area (Å²) in [6, 6.07) is 27.0. The molecule has 286 valence electrons. The summed E-state index contributed by atoms with van der Waals surface area (Å²) >= 11 is 0. The van der Waals surface area contributed by atoms with E-state index in [1.807, 2.05) is 0 Å². The molecule has 0 amide bonds. The van der Waals surface area contributed by atoms with Crippen LogP contribution in [0.25, 0.3) is 22.3 Å². The van der Waals surface area contributed by atoms with E-state index in [1.54, 1.807) is 0 Å². The molecule has 0 radical (unpaired) electrons. The fourth-order valence-corrected chi connectivity index (χ4v) is 6.34. The van der Waals surface area contributed by atoms with E-state index in [-0.39, 0.29) is 12.4 Å². The van der Waals surface area contributed by atoms with E-state index in [0.717, 1.165) is 103 Å². The van der Waals surface area contributed by atoms with Gasteiger partial charge in [-0.25, -0.2) is 0 Å². The van der Waals surface area contributed by atoms with Crippen LogP contribution >= 0.6 is 12.4 Å². The monoisotopic (exact) mass is 721 g/mol. The normalized spacial score (nSPS) is 11.4. The summed E-state index contributed by atoms with van der Waals surface area (Å²) in [5.74, 6) is 1.66. The summed E-state index contributed by atoms with van der Waals surface area (Å²) in [5.41, 5.74) is 7.71. The van der Waals surface area contributed by atoms with Gasteiger partial charge in [-0.2, -0.15) is 0 Å². The summed E-state index contributed by atoms with van der Waals surface area (Å²) in [5, 5.41) is 21.6. The minimum atomic E-state index is 0. The van der Waals surface area contributed by atoms with Crippen LogP contribution in [0.2, 0.25) is 0 Å². The van der Waals surface area contributed by atoms with E-state index < -0.39 is 0 Å². The van der Waals surface area contributed by atoms with E-state index in [1.165, 1.54) is 71.9 Å². The second kappa shape index (κ2) is 29.2. The van der Waals surface area contributed by atoms with Gasteiger partial charge >= 0.3 is 0 Å². The first-order valence-corrected chi connectivity index (χ1v) is 20.2. The lowest BCUT2D eigenvalue weighted by Crippen LogP contribution is -2.27. The molecular weight excluding hydrogens is 648 g/mol. The molecule has 0 spiro atoms. The maximum Gasteiger partial charge on any atom is 0.0205 e. The average molecular weight is 722 g/mol. The van der Waals surface area contributed by atoms with Crippen molar-refractivity contribution < 1.29 is 0 Å². The topological polar surface area (TPSA) is 72.2 Å². The summed E-state index contributed by atoms with van der Waals surface area (Å²) in [7, 11) is 0. The Morgan fingerprint density at radius 2 is 0.725 bits per heavy atom. The minimum Gasteiger partial charge on any atom is -0.317 e. The van der Waals surface area contributed by atoms with Gasteiger partial charge in [0.05, 0.1) is 0 Å². The fourth-order valence-electron chi connectivity index (χ4n) is 6.34. The van der Waals surface area contributed by atoms with Crippen LogP contribution in [0.15, 0.2) is 72.8 Å². The average Bonchev–Trinajstić information content (AvgIpc) is 3.16. The second-order valence-electron chi connectivity index (χ2n) is 14.0. The van der Waals surface area contributed by atoms with Crippen LogP contribution in [0, 0.1) is 11.8 Å². The zero-order valence-corrected chi connectivity index (χ0v) is 33.4. The molecule has 6 N–H and O–H groups in total. The number of hydrogen-bond donors (Lipinski definition) is 6. The van der Waals surface area contributed by atoms with Crippen molar-refractivity contribution in [3.8, 4) is 22.3 Å². The van der Waals surface area contributed by atoms with Crippen molar-refractivity contribution >= 4 is 12.4 Å². The number of benzene rings is 3. The molecule has 0 aromatic heterocycles. The van der Waals surface area contributed by atoms with Crippen LogP contribution < -0.4 is 31.9 Å². The van der Waals surface area contributed by atoms with E-state index in [2.05, 4.69) is 132 Å². The van der Waals surface area contributed by atoms with Gasteiger partial charge in [-0.15, -0.1) is 12.4 Å². The van der Waals surface area contributed by atoms with Crippen LogP contribution in [0.1, 0.15) is 90.2 Å². The van der Waals surface area contributed by atoms with Gasteiger partial charge in [0.2, 0.25) is 0 Å². The third kappa shape index (κ3) is 19.4. The summed E-state index contributed by atoms with van der Waals surface area (Å²) in [6.07, 6.45) is 9.80. The maximum atomic E-state index is 3.61. The fraction of sp³-hybridized carbons (Fsp3) is 0.591. The van der Waals surface area contributed by atoms with E-state index in [9.17, 15) is 0 Å². The largest absolute Gasteiger partial charge is 0.317 e. The smallest absolute Gasteiger partial charge is 0.0205 e. The Bertz CT molecular complexity index is 1130. The second-order valence-corrected chi connectivity index (χ2v) is 14.0. The first kappa shape index (κ1) is 44.9. The van der Waals surface area contributed by atoms with Gasteiger partial charge < -0.3 is 31.9 Å². The molecule has 0 aliphatic heterocycles. The molecule has 3 aromatic carbocycles. The molecule has 0 atom stereocenters. The third-order valence-corrected chi connectivity index (χ3v) is 10.1. The Morgan fingerprint density at radius 3 is 1.08 bits per heavy atom. The Kier molecular flexibility index (Phi) is 25.7. The molecule has 0 aliphatic carbocycles. The summed E-state index contributed by atoms with van der Waals surface area (Å²) < 4.78 is 0. The van der Waals surface area contributed by atoms with Gasteiger partial charge in [0.15, 0.2) is 0 Å². The molecule has 0 fully saturated rings. The Labute approximate surface area is 318 Å².